The first-order valence-corrected chi connectivity index (χ1v) is 7.34. The minimum atomic E-state index is -0.321. The van der Waals surface area contributed by atoms with Gasteiger partial charge in [-0.05, 0) is 24.3 Å². The first-order chi connectivity index (χ1) is 11.3. The monoisotopic (exact) mass is 342 g/mol. The maximum Gasteiger partial charge on any atom is 0.292 e. The van der Waals surface area contributed by atoms with Gasteiger partial charge in [0.1, 0.15) is 17.2 Å². The number of nitrogens with one attached hydrogen (secondary N) is 2. The molecular weight excluding hydrogens is 328 g/mol. The zero-order chi connectivity index (χ0) is 15.6. The number of furan rings is 1. The Hall–Kier alpha value is -2.86. The van der Waals surface area contributed by atoms with Crippen LogP contribution in [0.25, 0.3) is 11.0 Å². The van der Waals surface area contributed by atoms with Crippen LogP contribution in [0.2, 0.25) is 0 Å². The predicted molar refractivity (Wildman–Crippen MR) is 95.1 cm³/mol. The van der Waals surface area contributed by atoms with E-state index in [0.29, 0.717) is 11.4 Å². The van der Waals surface area contributed by atoms with E-state index >= 15 is 0 Å². The average Bonchev–Trinajstić information content (AvgIpc) is 3.25. The number of nitrogens with zero attached hydrogens (tertiary/aromatic N) is 2. The van der Waals surface area contributed by atoms with Gasteiger partial charge < -0.3 is 15.1 Å². The molecule has 1 amide bonds. The van der Waals surface area contributed by atoms with E-state index < -0.39 is 0 Å². The molecule has 2 aromatic heterocycles. The number of pyridine rings is 1. The van der Waals surface area contributed by atoms with Crippen LogP contribution in [0.3, 0.4) is 0 Å². The smallest absolute Gasteiger partial charge is 0.292 e. The molecule has 0 spiro atoms. The van der Waals surface area contributed by atoms with E-state index in [1.165, 1.54) is 0 Å². The van der Waals surface area contributed by atoms with Crippen molar-refractivity contribution < 1.29 is 9.21 Å². The number of aromatic nitrogens is 1. The van der Waals surface area contributed by atoms with Crippen molar-refractivity contribution in [1.82, 2.24) is 10.3 Å². The first kappa shape index (κ1) is 16.0. The van der Waals surface area contributed by atoms with Gasteiger partial charge in [0, 0.05) is 23.7 Å². The zero-order valence-corrected chi connectivity index (χ0v) is 13.5. The average molecular weight is 343 g/mol. The van der Waals surface area contributed by atoms with Crippen molar-refractivity contribution in [3.63, 3.8) is 0 Å². The Morgan fingerprint density at radius 1 is 1.21 bits per heavy atom. The minimum Gasteiger partial charge on any atom is -0.451 e. The molecule has 1 aliphatic rings. The summed E-state index contributed by atoms with van der Waals surface area (Å²) in [7, 11) is 0. The molecular formula is C17H15ClN4O2. The van der Waals surface area contributed by atoms with Gasteiger partial charge in [-0.25, -0.2) is 4.98 Å². The number of carbonyl (C=O) groups is 1. The fourth-order valence-corrected chi connectivity index (χ4v) is 2.47. The van der Waals surface area contributed by atoms with Gasteiger partial charge in [0.25, 0.3) is 5.91 Å². The Balaban J connectivity index is 0.00000169. The highest BCUT2D eigenvalue weighted by molar-refractivity contribution is 6.04. The summed E-state index contributed by atoms with van der Waals surface area (Å²) < 4.78 is 5.54. The molecule has 2 N–H and O–H groups in total. The lowest BCUT2D eigenvalue weighted by Crippen LogP contribution is -2.19. The van der Waals surface area contributed by atoms with Crippen molar-refractivity contribution in [2.45, 2.75) is 0 Å². The third-order valence-corrected chi connectivity index (χ3v) is 3.60. The second kappa shape index (κ2) is 6.72. The van der Waals surface area contributed by atoms with Gasteiger partial charge in [0.05, 0.1) is 6.54 Å². The number of amidine groups is 1. The van der Waals surface area contributed by atoms with Crippen molar-refractivity contribution in [2.24, 2.45) is 4.99 Å². The van der Waals surface area contributed by atoms with E-state index in [0.717, 1.165) is 29.9 Å². The summed E-state index contributed by atoms with van der Waals surface area (Å²) in [6.45, 7) is 1.62. The molecule has 0 aliphatic carbocycles. The lowest BCUT2D eigenvalue weighted by Gasteiger charge is -2.04. The third-order valence-electron chi connectivity index (χ3n) is 3.60. The van der Waals surface area contributed by atoms with Crippen LogP contribution >= 0.6 is 12.4 Å². The number of fused-ring (bicyclic) bond motifs is 1. The Labute approximate surface area is 144 Å². The molecule has 7 heteroatoms. The van der Waals surface area contributed by atoms with Crippen LogP contribution in [0.15, 0.2) is 58.1 Å². The number of para-hydroxylation sites is 1. The summed E-state index contributed by atoms with van der Waals surface area (Å²) in [5.74, 6) is 1.25. The summed E-state index contributed by atoms with van der Waals surface area (Å²) in [5, 5.41) is 6.81. The van der Waals surface area contributed by atoms with E-state index in [1.54, 1.807) is 18.3 Å². The van der Waals surface area contributed by atoms with Gasteiger partial charge in [-0.1, -0.05) is 18.2 Å². The van der Waals surface area contributed by atoms with E-state index in [4.69, 9.17) is 4.42 Å². The molecule has 0 unspecified atom stereocenters. The molecule has 1 aromatic carbocycles. The molecule has 4 rings (SSSR count). The number of benzene rings is 1. The zero-order valence-electron chi connectivity index (χ0n) is 12.7. The summed E-state index contributed by atoms with van der Waals surface area (Å²) in [4.78, 5) is 20.8. The van der Waals surface area contributed by atoms with Crippen LogP contribution in [0.5, 0.6) is 0 Å². The SMILES string of the molecule is Cl.O=C(Nc1ccc(C2=NCCN2)cn1)c1cc2ccccc2o1. The quantitative estimate of drug-likeness (QED) is 0.767. The van der Waals surface area contributed by atoms with E-state index in [1.807, 2.05) is 30.3 Å². The molecule has 24 heavy (non-hydrogen) atoms. The molecule has 3 heterocycles. The molecule has 6 nitrogen and oxygen atoms in total. The summed E-state index contributed by atoms with van der Waals surface area (Å²) >= 11 is 0. The van der Waals surface area contributed by atoms with Crippen molar-refractivity contribution >= 4 is 40.9 Å². The predicted octanol–water partition coefficient (Wildman–Crippen LogP) is 2.85. The fourth-order valence-electron chi connectivity index (χ4n) is 2.47. The Bertz CT molecular complexity index is 869. The Kier molecular flexibility index (Phi) is 4.48. The van der Waals surface area contributed by atoms with Gasteiger partial charge in [0.2, 0.25) is 0 Å². The van der Waals surface area contributed by atoms with Crippen LogP contribution in [0, 0.1) is 0 Å². The molecule has 0 fully saturated rings. The second-order valence-corrected chi connectivity index (χ2v) is 5.19. The number of carbonyl (C=O) groups excluding carboxylic acids is 1. The largest absolute Gasteiger partial charge is 0.451 e. The van der Waals surface area contributed by atoms with E-state index in [9.17, 15) is 4.79 Å². The van der Waals surface area contributed by atoms with E-state index in [-0.39, 0.29) is 24.1 Å². The normalized spacial score (nSPS) is 13.1. The number of hydrogen-bond acceptors (Lipinski definition) is 5. The molecule has 0 atom stereocenters. The molecule has 0 saturated heterocycles. The molecule has 1 aliphatic heterocycles. The highest BCUT2D eigenvalue weighted by atomic mass is 35.5. The van der Waals surface area contributed by atoms with Gasteiger partial charge in [-0.3, -0.25) is 9.79 Å². The summed E-state index contributed by atoms with van der Waals surface area (Å²) in [5.41, 5.74) is 1.59. The lowest BCUT2D eigenvalue weighted by molar-refractivity contribution is 0.0998. The van der Waals surface area contributed by atoms with Crippen molar-refractivity contribution in [3.8, 4) is 0 Å². The van der Waals surface area contributed by atoms with Crippen molar-refractivity contribution in [2.75, 3.05) is 18.4 Å². The standard InChI is InChI=1S/C17H14N4O2.ClH/c22-17(14-9-11-3-1-2-4-13(11)23-14)21-15-6-5-12(10-20-15)16-18-7-8-19-16;/h1-6,9-10H,7-8H2,(H,18,19)(H,20,21,22);1H. The summed E-state index contributed by atoms with van der Waals surface area (Å²) in [6, 6.07) is 12.8. The molecule has 0 bridgehead atoms. The van der Waals surface area contributed by atoms with Crippen LogP contribution in [0.4, 0.5) is 5.82 Å². The number of anilines is 1. The molecule has 0 saturated carbocycles. The second-order valence-electron chi connectivity index (χ2n) is 5.19. The minimum absolute atomic E-state index is 0. The maximum absolute atomic E-state index is 12.2. The van der Waals surface area contributed by atoms with Gasteiger partial charge in [0.15, 0.2) is 5.76 Å². The van der Waals surface area contributed by atoms with Crippen LogP contribution in [-0.2, 0) is 0 Å². The van der Waals surface area contributed by atoms with Crippen molar-refractivity contribution in [3.05, 3.63) is 60.0 Å². The van der Waals surface area contributed by atoms with Gasteiger partial charge in [-0.2, -0.15) is 0 Å². The number of aliphatic imine (C=N–C) groups is 1. The lowest BCUT2D eigenvalue weighted by atomic mass is 10.2. The third kappa shape index (κ3) is 3.09. The fraction of sp³-hybridized carbons (Fsp3) is 0.118. The highest BCUT2D eigenvalue weighted by Gasteiger charge is 2.13. The molecule has 0 radical (unpaired) electrons. The summed E-state index contributed by atoms with van der Waals surface area (Å²) in [6.07, 6.45) is 1.69. The number of rotatable bonds is 3. The van der Waals surface area contributed by atoms with Gasteiger partial charge >= 0.3 is 0 Å². The van der Waals surface area contributed by atoms with Crippen LogP contribution in [0.1, 0.15) is 16.1 Å². The number of hydrogen-bond donors (Lipinski definition) is 2. The number of halogens is 1. The Morgan fingerprint density at radius 3 is 2.79 bits per heavy atom. The van der Waals surface area contributed by atoms with Gasteiger partial charge in [-0.15, -0.1) is 12.4 Å². The molecule has 3 aromatic rings. The molecule has 122 valence electrons. The Morgan fingerprint density at radius 2 is 2.08 bits per heavy atom. The van der Waals surface area contributed by atoms with Crippen LogP contribution in [-0.4, -0.2) is 29.8 Å². The maximum atomic E-state index is 12.2. The van der Waals surface area contributed by atoms with Crippen LogP contribution < -0.4 is 10.6 Å². The number of amides is 1. The topological polar surface area (TPSA) is 79.5 Å². The highest BCUT2D eigenvalue weighted by Crippen LogP contribution is 2.19. The first-order valence-electron chi connectivity index (χ1n) is 7.34. The van der Waals surface area contributed by atoms with E-state index in [2.05, 4.69) is 20.6 Å². The van der Waals surface area contributed by atoms with Crippen molar-refractivity contribution in [1.29, 1.82) is 0 Å².